The van der Waals surface area contributed by atoms with Crippen LogP contribution >= 0.6 is 0 Å². The van der Waals surface area contributed by atoms with Crippen molar-refractivity contribution in [1.29, 1.82) is 0 Å². The number of amides is 2. The highest BCUT2D eigenvalue weighted by Crippen LogP contribution is 2.35. The van der Waals surface area contributed by atoms with Gasteiger partial charge in [0.05, 0.1) is 18.4 Å². The number of fused-ring (bicyclic) bond motifs is 1. The van der Waals surface area contributed by atoms with Gasteiger partial charge < -0.3 is 9.84 Å². The molecule has 1 aromatic carbocycles. The zero-order chi connectivity index (χ0) is 18.0. The molecule has 1 heterocycles. The van der Waals surface area contributed by atoms with Crippen molar-refractivity contribution in [1.82, 2.24) is 4.90 Å². The van der Waals surface area contributed by atoms with E-state index in [1.165, 1.54) is 4.90 Å². The van der Waals surface area contributed by atoms with Crippen molar-refractivity contribution < 1.29 is 19.4 Å². The summed E-state index contributed by atoms with van der Waals surface area (Å²) in [4.78, 5) is 26.1. The molecule has 1 N–H and O–H groups in total. The molecule has 1 fully saturated rings. The quantitative estimate of drug-likeness (QED) is 0.637. The number of allylic oxidation sites excluding steroid dienone is 2. The smallest absolute Gasteiger partial charge is 0.233 e. The van der Waals surface area contributed by atoms with Crippen molar-refractivity contribution in [2.24, 2.45) is 11.8 Å². The first-order valence-electron chi connectivity index (χ1n) is 8.89. The third-order valence-electron chi connectivity index (χ3n) is 4.96. The number of likely N-dealkylation sites (tertiary alicyclic amines) is 1. The summed E-state index contributed by atoms with van der Waals surface area (Å²) in [5.74, 6) is 0.195. The minimum absolute atomic E-state index is 0.00544. The molecule has 0 radical (unpaired) electrons. The van der Waals surface area contributed by atoms with Gasteiger partial charge in [-0.1, -0.05) is 44.2 Å². The van der Waals surface area contributed by atoms with Gasteiger partial charge in [-0.15, -0.1) is 0 Å². The maximum atomic E-state index is 12.4. The average Bonchev–Trinajstić information content (AvgIpc) is 2.85. The standard InChI is InChI=1S/C20H25NO4/c1-13(2)15-7-5-6-10-18(15)25-12-14(22)11-21-19(23)16-8-3-4-9-17(16)20(21)24/h3-7,10,13-14,16-17,22H,8-9,11-12H2,1-2H3/t14-,16-,17+/m0/s1. The molecule has 5 nitrogen and oxygen atoms in total. The van der Waals surface area contributed by atoms with Crippen LogP contribution in [0, 0.1) is 11.8 Å². The molecule has 134 valence electrons. The van der Waals surface area contributed by atoms with Gasteiger partial charge in [-0.05, 0) is 30.4 Å². The molecular weight excluding hydrogens is 318 g/mol. The summed E-state index contributed by atoms with van der Waals surface area (Å²) >= 11 is 0. The lowest BCUT2D eigenvalue weighted by atomic mass is 9.85. The van der Waals surface area contributed by atoms with Gasteiger partial charge in [0.1, 0.15) is 18.5 Å². The molecule has 3 atom stereocenters. The summed E-state index contributed by atoms with van der Waals surface area (Å²) in [6.07, 6.45) is 4.23. The van der Waals surface area contributed by atoms with Crippen molar-refractivity contribution in [3.63, 3.8) is 0 Å². The number of aliphatic hydroxyl groups is 1. The lowest BCUT2D eigenvalue weighted by Crippen LogP contribution is -2.40. The van der Waals surface area contributed by atoms with Crippen molar-refractivity contribution in [3.8, 4) is 5.75 Å². The number of carbonyl (C=O) groups excluding carboxylic acids is 2. The molecular formula is C20H25NO4. The second-order valence-electron chi connectivity index (χ2n) is 7.10. The molecule has 1 aromatic rings. The summed E-state index contributed by atoms with van der Waals surface area (Å²) in [5.41, 5.74) is 1.07. The number of ether oxygens (including phenoxy) is 1. The summed E-state index contributed by atoms with van der Waals surface area (Å²) in [6.45, 7) is 4.20. The fraction of sp³-hybridized carbons (Fsp3) is 0.500. The number of carbonyl (C=O) groups is 2. The highest BCUT2D eigenvalue weighted by molar-refractivity contribution is 6.05. The van der Waals surface area contributed by atoms with Crippen LogP contribution in [0.15, 0.2) is 36.4 Å². The Morgan fingerprint density at radius 2 is 1.72 bits per heavy atom. The lowest BCUT2D eigenvalue weighted by Gasteiger charge is -2.20. The van der Waals surface area contributed by atoms with Crippen LogP contribution in [0.5, 0.6) is 5.75 Å². The number of hydrogen-bond acceptors (Lipinski definition) is 4. The minimum Gasteiger partial charge on any atom is -0.491 e. The zero-order valence-corrected chi connectivity index (χ0v) is 14.7. The summed E-state index contributed by atoms with van der Waals surface area (Å²) in [7, 11) is 0. The van der Waals surface area contributed by atoms with Gasteiger partial charge in [-0.3, -0.25) is 14.5 Å². The van der Waals surface area contributed by atoms with Crippen LogP contribution in [0.2, 0.25) is 0 Å². The third kappa shape index (κ3) is 3.61. The van der Waals surface area contributed by atoms with Crippen LogP contribution in [0.4, 0.5) is 0 Å². The fourth-order valence-corrected chi connectivity index (χ4v) is 3.59. The fourth-order valence-electron chi connectivity index (χ4n) is 3.59. The van der Waals surface area contributed by atoms with Gasteiger partial charge in [-0.2, -0.15) is 0 Å². The normalized spacial score (nSPS) is 23.9. The van der Waals surface area contributed by atoms with Crippen molar-refractivity contribution in [2.75, 3.05) is 13.2 Å². The molecule has 0 saturated carbocycles. The number of aliphatic hydroxyl groups excluding tert-OH is 1. The van der Waals surface area contributed by atoms with Crippen molar-refractivity contribution in [3.05, 3.63) is 42.0 Å². The van der Waals surface area contributed by atoms with E-state index >= 15 is 0 Å². The first kappa shape index (κ1) is 17.7. The zero-order valence-electron chi connectivity index (χ0n) is 14.7. The molecule has 0 aromatic heterocycles. The van der Waals surface area contributed by atoms with Gasteiger partial charge in [-0.25, -0.2) is 0 Å². The Labute approximate surface area is 148 Å². The largest absolute Gasteiger partial charge is 0.491 e. The van der Waals surface area contributed by atoms with Gasteiger partial charge in [0.15, 0.2) is 0 Å². The number of β-amino-alcohol motifs (C(OH)–C–C–N with tert-alkyl or cyclic N) is 1. The van der Waals surface area contributed by atoms with E-state index in [1.54, 1.807) is 0 Å². The molecule has 25 heavy (non-hydrogen) atoms. The van der Waals surface area contributed by atoms with Crippen LogP contribution in [-0.4, -0.2) is 41.1 Å². The number of hydrogen-bond donors (Lipinski definition) is 1. The third-order valence-corrected chi connectivity index (χ3v) is 4.96. The summed E-state index contributed by atoms with van der Waals surface area (Å²) in [5, 5.41) is 10.3. The van der Waals surface area contributed by atoms with Crippen molar-refractivity contribution in [2.45, 2.75) is 38.7 Å². The van der Waals surface area contributed by atoms with Crippen LogP contribution in [0.1, 0.15) is 38.2 Å². The number of imide groups is 1. The lowest BCUT2D eigenvalue weighted by molar-refractivity contribution is -0.141. The molecule has 1 aliphatic heterocycles. The predicted octanol–water partition coefficient (Wildman–Crippen LogP) is 2.50. The number of para-hydroxylation sites is 1. The van der Waals surface area contributed by atoms with Crippen LogP contribution < -0.4 is 4.74 Å². The second kappa shape index (κ2) is 7.40. The number of benzene rings is 1. The van der Waals surface area contributed by atoms with E-state index in [9.17, 15) is 14.7 Å². The summed E-state index contributed by atoms with van der Waals surface area (Å²) in [6, 6.07) is 7.71. The van der Waals surface area contributed by atoms with Crippen molar-refractivity contribution >= 4 is 11.8 Å². The van der Waals surface area contributed by atoms with Crippen LogP contribution in [-0.2, 0) is 9.59 Å². The van der Waals surface area contributed by atoms with E-state index in [-0.39, 0.29) is 36.8 Å². The minimum atomic E-state index is -0.902. The molecule has 5 heteroatoms. The maximum Gasteiger partial charge on any atom is 0.233 e. The van der Waals surface area contributed by atoms with E-state index in [2.05, 4.69) is 13.8 Å². The van der Waals surface area contributed by atoms with Gasteiger partial charge >= 0.3 is 0 Å². The Kier molecular flexibility index (Phi) is 5.23. The summed E-state index contributed by atoms with van der Waals surface area (Å²) < 4.78 is 5.75. The first-order valence-corrected chi connectivity index (χ1v) is 8.89. The maximum absolute atomic E-state index is 12.4. The van der Waals surface area contributed by atoms with Crippen LogP contribution in [0.25, 0.3) is 0 Å². The van der Waals surface area contributed by atoms with E-state index in [4.69, 9.17) is 4.74 Å². The Hall–Kier alpha value is -2.14. The molecule has 2 aliphatic rings. The SMILES string of the molecule is CC(C)c1ccccc1OC[C@@H](O)CN1C(=O)[C@H]2CC=CC[C@H]2C1=O. The van der Waals surface area contributed by atoms with Gasteiger partial charge in [0.25, 0.3) is 0 Å². The Bertz CT molecular complexity index is 656. The predicted molar refractivity (Wildman–Crippen MR) is 94.1 cm³/mol. The Morgan fingerprint density at radius 1 is 1.12 bits per heavy atom. The second-order valence-corrected chi connectivity index (χ2v) is 7.10. The molecule has 1 aliphatic carbocycles. The molecule has 0 unspecified atom stereocenters. The van der Waals surface area contributed by atoms with E-state index in [1.807, 2.05) is 36.4 Å². The van der Waals surface area contributed by atoms with E-state index in [0.29, 0.717) is 18.8 Å². The Morgan fingerprint density at radius 3 is 2.32 bits per heavy atom. The monoisotopic (exact) mass is 343 g/mol. The van der Waals surface area contributed by atoms with Gasteiger partial charge in [0.2, 0.25) is 11.8 Å². The number of rotatable bonds is 6. The molecule has 0 bridgehead atoms. The first-order chi connectivity index (χ1) is 12.0. The average molecular weight is 343 g/mol. The van der Waals surface area contributed by atoms with E-state index in [0.717, 1.165) is 11.3 Å². The van der Waals surface area contributed by atoms with E-state index < -0.39 is 6.10 Å². The molecule has 2 amide bonds. The molecule has 1 saturated heterocycles. The van der Waals surface area contributed by atoms with Gasteiger partial charge in [0, 0.05) is 0 Å². The Balaban J connectivity index is 1.59. The highest BCUT2D eigenvalue weighted by atomic mass is 16.5. The van der Waals surface area contributed by atoms with Crippen LogP contribution in [0.3, 0.4) is 0 Å². The highest BCUT2D eigenvalue weighted by Gasteiger charge is 2.47. The topological polar surface area (TPSA) is 66.8 Å². The molecule has 0 spiro atoms. The molecule has 3 rings (SSSR count). The number of nitrogens with zero attached hydrogens (tertiary/aromatic N) is 1.